The van der Waals surface area contributed by atoms with Gasteiger partial charge in [0.25, 0.3) is 0 Å². The van der Waals surface area contributed by atoms with Gasteiger partial charge in [-0.3, -0.25) is 0 Å². The second-order valence-corrected chi connectivity index (χ2v) is 6.37. The Labute approximate surface area is 165 Å². The van der Waals surface area contributed by atoms with Crippen molar-refractivity contribution >= 4 is 18.6 Å². The van der Waals surface area contributed by atoms with Gasteiger partial charge < -0.3 is 13.7 Å². The molecule has 2 aromatic carbocycles. The largest absolute Gasteiger partial charge is 0.457 e. The lowest BCUT2D eigenvalue weighted by atomic mass is 10.1. The summed E-state index contributed by atoms with van der Waals surface area (Å²) in [4.78, 5) is 23.8. The van der Waals surface area contributed by atoms with Crippen molar-refractivity contribution in [2.24, 2.45) is 0 Å². The minimum Gasteiger partial charge on any atom is -0.457 e. The van der Waals surface area contributed by atoms with Gasteiger partial charge in [-0.2, -0.15) is 0 Å². The molecule has 6 heteroatoms. The maximum Gasteiger partial charge on any atom is 0.365 e. The number of ether oxygens (including phenoxy) is 1. The van der Waals surface area contributed by atoms with E-state index in [0.29, 0.717) is 27.7 Å². The number of aromatic amines is 1. The molecule has 0 amide bonds. The molecule has 0 saturated carbocycles. The Hall–Kier alpha value is -4.06. The van der Waals surface area contributed by atoms with Crippen molar-refractivity contribution in [2.75, 3.05) is 0 Å². The van der Waals surface area contributed by atoms with E-state index in [1.807, 2.05) is 30.3 Å². The predicted octanol–water partition coefficient (Wildman–Crippen LogP) is 2.82. The molecule has 144 valence electrons. The Morgan fingerprint density at radius 1 is 1.03 bits per heavy atom. The average Bonchev–Trinajstić information content (AvgIpc) is 3.35. The van der Waals surface area contributed by atoms with E-state index in [1.54, 1.807) is 42.5 Å². The number of carbonyl (C=O) groups is 1. The van der Waals surface area contributed by atoms with Gasteiger partial charge in [-0.1, -0.05) is 49.0 Å². The first-order chi connectivity index (χ1) is 14.1. The Kier molecular flexibility index (Phi) is 4.99. The molecule has 1 N–H and O–H groups in total. The maximum atomic E-state index is 12.2. The van der Waals surface area contributed by atoms with Gasteiger partial charge in [-0.25, -0.2) is 14.7 Å². The quantitative estimate of drug-likeness (QED) is 0.532. The second-order valence-electron chi connectivity index (χ2n) is 6.37. The summed E-state index contributed by atoms with van der Waals surface area (Å²) in [6, 6.07) is 19.9. The molecule has 2 aromatic heterocycles. The van der Waals surface area contributed by atoms with Crippen molar-refractivity contribution in [1.82, 2.24) is 5.16 Å². The molecule has 0 atom stereocenters. The predicted molar refractivity (Wildman–Crippen MR) is 107 cm³/mol. The van der Waals surface area contributed by atoms with E-state index < -0.39 is 11.6 Å². The average molecular weight is 387 g/mol. The first-order valence-electron chi connectivity index (χ1n) is 8.89. The van der Waals surface area contributed by atoms with Crippen molar-refractivity contribution in [1.29, 1.82) is 0 Å². The lowest BCUT2D eigenvalue weighted by Crippen LogP contribution is -2.31. The van der Waals surface area contributed by atoms with Crippen molar-refractivity contribution in [3.8, 4) is 11.3 Å². The molecular formula is C23H17NO5. The van der Waals surface area contributed by atoms with Crippen LogP contribution < -0.4 is 16.2 Å². The number of hydrogen-bond acceptors (Lipinski definition) is 5. The SMILES string of the molecule is C=c1[nH]oc(=O)c1=Cc1ccc(-c2ccc(C(=O)OCc3ccccc3)cc2)o1. The molecule has 0 unspecified atom stereocenters. The number of benzene rings is 2. The number of H-pyrrole nitrogens is 1. The highest BCUT2D eigenvalue weighted by atomic mass is 16.5. The molecular weight excluding hydrogens is 370 g/mol. The summed E-state index contributed by atoms with van der Waals surface area (Å²) < 4.78 is 15.8. The van der Waals surface area contributed by atoms with E-state index in [4.69, 9.17) is 9.15 Å². The summed E-state index contributed by atoms with van der Waals surface area (Å²) in [5.74, 6) is 0.699. The maximum absolute atomic E-state index is 12.2. The third-order valence-corrected chi connectivity index (χ3v) is 4.34. The monoisotopic (exact) mass is 387 g/mol. The topological polar surface area (TPSA) is 85.4 Å². The number of furan rings is 1. The third-order valence-electron chi connectivity index (χ3n) is 4.34. The zero-order chi connectivity index (χ0) is 20.2. The summed E-state index contributed by atoms with van der Waals surface area (Å²) >= 11 is 0. The number of carbonyl (C=O) groups excluding carboxylic acids is 1. The Balaban J connectivity index is 1.48. The van der Waals surface area contributed by atoms with Crippen LogP contribution >= 0.6 is 0 Å². The molecule has 0 aliphatic heterocycles. The number of esters is 1. The lowest BCUT2D eigenvalue weighted by molar-refractivity contribution is 0.0472. The molecule has 4 aromatic rings. The fourth-order valence-electron chi connectivity index (χ4n) is 2.79. The van der Waals surface area contributed by atoms with Gasteiger partial charge >= 0.3 is 11.6 Å². The van der Waals surface area contributed by atoms with Gasteiger partial charge in [0.15, 0.2) is 0 Å². The van der Waals surface area contributed by atoms with E-state index in [0.717, 1.165) is 11.1 Å². The highest BCUT2D eigenvalue weighted by molar-refractivity contribution is 5.90. The second kappa shape index (κ2) is 7.90. The van der Waals surface area contributed by atoms with E-state index in [1.165, 1.54) is 0 Å². The molecule has 4 rings (SSSR count). The molecule has 0 bridgehead atoms. The molecule has 0 radical (unpaired) electrons. The molecule has 29 heavy (non-hydrogen) atoms. The van der Waals surface area contributed by atoms with Crippen molar-refractivity contribution in [3.05, 3.63) is 105 Å². The number of aromatic nitrogens is 1. The standard InChI is InChI=1S/C23H17NO5/c1-15-20(23(26)29-24-15)13-19-11-12-21(28-19)17-7-9-18(10-8-17)22(25)27-14-16-5-3-2-4-6-16/h2-13,24H,1,14H2. The summed E-state index contributed by atoms with van der Waals surface area (Å²) in [5, 5.41) is 3.11. The van der Waals surface area contributed by atoms with Crippen LogP contribution in [0.4, 0.5) is 0 Å². The van der Waals surface area contributed by atoms with E-state index in [2.05, 4.69) is 16.3 Å². The van der Waals surface area contributed by atoms with Crippen LogP contribution in [0.5, 0.6) is 0 Å². The molecule has 0 aliphatic carbocycles. The Bertz CT molecular complexity index is 1260. The van der Waals surface area contributed by atoms with Crippen LogP contribution in [0.2, 0.25) is 0 Å². The minimum absolute atomic E-state index is 0.222. The zero-order valence-electron chi connectivity index (χ0n) is 15.4. The molecule has 0 aliphatic rings. The molecule has 0 spiro atoms. The Morgan fingerprint density at radius 3 is 2.48 bits per heavy atom. The fourth-order valence-corrected chi connectivity index (χ4v) is 2.79. The van der Waals surface area contributed by atoms with E-state index in [-0.39, 0.29) is 6.61 Å². The van der Waals surface area contributed by atoms with Gasteiger partial charge in [0, 0.05) is 5.56 Å². The van der Waals surface area contributed by atoms with Gasteiger partial charge in [0.05, 0.1) is 16.1 Å². The zero-order valence-corrected chi connectivity index (χ0v) is 15.4. The summed E-state index contributed by atoms with van der Waals surface area (Å²) in [6.45, 7) is 3.92. The normalized spacial score (nSPS) is 11.5. The third kappa shape index (κ3) is 4.11. The van der Waals surface area contributed by atoms with Gasteiger partial charge in [0.2, 0.25) is 0 Å². The summed E-state index contributed by atoms with van der Waals surface area (Å²) in [6.07, 6.45) is 1.56. The van der Waals surface area contributed by atoms with Crippen LogP contribution in [0.3, 0.4) is 0 Å². The van der Waals surface area contributed by atoms with E-state index in [9.17, 15) is 9.59 Å². The van der Waals surface area contributed by atoms with Crippen LogP contribution in [-0.4, -0.2) is 11.1 Å². The first-order valence-corrected chi connectivity index (χ1v) is 8.89. The number of nitrogens with one attached hydrogen (secondary N) is 1. The van der Waals surface area contributed by atoms with Crippen molar-refractivity contribution in [2.45, 2.75) is 6.61 Å². The van der Waals surface area contributed by atoms with Crippen molar-refractivity contribution in [3.63, 3.8) is 0 Å². The van der Waals surface area contributed by atoms with Gasteiger partial charge in [-0.15, -0.1) is 0 Å². The van der Waals surface area contributed by atoms with Crippen molar-refractivity contribution < 1.29 is 18.5 Å². The summed E-state index contributed by atoms with van der Waals surface area (Å²) in [5.41, 5.74) is 1.67. The van der Waals surface area contributed by atoms with Crippen LogP contribution in [0.1, 0.15) is 21.7 Å². The molecule has 6 nitrogen and oxygen atoms in total. The number of hydrogen-bond donors (Lipinski definition) is 1. The minimum atomic E-state index is -0.508. The number of rotatable bonds is 5. The molecule has 0 fully saturated rings. The molecule has 0 saturated heterocycles. The van der Waals surface area contributed by atoms with Crippen LogP contribution in [0.15, 0.2) is 80.5 Å². The molecule has 2 heterocycles. The van der Waals surface area contributed by atoms with Crippen LogP contribution in [0, 0.1) is 0 Å². The fraction of sp³-hybridized carbons (Fsp3) is 0.0435. The first kappa shape index (κ1) is 18.3. The van der Waals surface area contributed by atoms with Gasteiger partial charge in [-0.05, 0) is 35.9 Å². The van der Waals surface area contributed by atoms with Gasteiger partial charge in [0.1, 0.15) is 18.1 Å². The smallest absolute Gasteiger partial charge is 0.365 e. The highest BCUT2D eigenvalue weighted by Crippen LogP contribution is 2.23. The Morgan fingerprint density at radius 2 is 1.79 bits per heavy atom. The van der Waals surface area contributed by atoms with Crippen LogP contribution in [-0.2, 0) is 11.3 Å². The van der Waals surface area contributed by atoms with Crippen LogP contribution in [0.25, 0.3) is 24.0 Å². The highest BCUT2D eigenvalue weighted by Gasteiger charge is 2.10. The summed E-state index contributed by atoms with van der Waals surface area (Å²) in [7, 11) is 0. The lowest BCUT2D eigenvalue weighted by Gasteiger charge is -2.05. The van der Waals surface area contributed by atoms with E-state index >= 15 is 0 Å².